The van der Waals surface area contributed by atoms with Crippen LogP contribution in [0.2, 0.25) is 0 Å². The quantitative estimate of drug-likeness (QED) is 0.652. The normalized spacial score (nSPS) is 17.4. The minimum atomic E-state index is -1.39. The Morgan fingerprint density at radius 3 is 2.41 bits per heavy atom. The second-order valence-corrected chi connectivity index (χ2v) is 5.21. The number of halogens is 4. The third-order valence-corrected chi connectivity index (χ3v) is 3.72. The van der Waals surface area contributed by atoms with Crippen molar-refractivity contribution in [1.29, 1.82) is 0 Å². The Morgan fingerprint density at radius 1 is 1.12 bits per heavy atom. The maximum atomic E-state index is 13.5. The Morgan fingerprint density at radius 2 is 1.76 bits per heavy atom. The summed E-state index contributed by atoms with van der Waals surface area (Å²) < 4.78 is 39.8. The van der Waals surface area contributed by atoms with Crippen LogP contribution in [0.4, 0.5) is 13.2 Å². The van der Waals surface area contributed by atoms with Crippen LogP contribution in [0.1, 0.15) is 18.4 Å². The molecule has 17 heavy (non-hydrogen) atoms. The highest BCUT2D eigenvalue weighted by Gasteiger charge is 2.21. The van der Waals surface area contributed by atoms with Gasteiger partial charge in [0.1, 0.15) is 0 Å². The summed E-state index contributed by atoms with van der Waals surface area (Å²) in [5.74, 6) is -3.26. The first-order chi connectivity index (χ1) is 8.09. The summed E-state index contributed by atoms with van der Waals surface area (Å²) in [6.07, 6.45) is 2.34. The van der Waals surface area contributed by atoms with Crippen molar-refractivity contribution in [1.82, 2.24) is 5.32 Å². The van der Waals surface area contributed by atoms with Crippen LogP contribution < -0.4 is 5.32 Å². The number of nitrogens with one attached hydrogen (secondary N) is 1. The molecule has 1 nitrogen and oxygen atoms in total. The van der Waals surface area contributed by atoms with Gasteiger partial charge in [-0.15, -0.1) is 0 Å². The van der Waals surface area contributed by atoms with E-state index in [1.807, 2.05) is 0 Å². The van der Waals surface area contributed by atoms with Crippen LogP contribution >= 0.6 is 15.9 Å². The third kappa shape index (κ3) is 2.83. The topological polar surface area (TPSA) is 12.0 Å². The second-order valence-electron chi connectivity index (χ2n) is 4.36. The molecule has 0 atom stereocenters. The van der Waals surface area contributed by atoms with Crippen molar-refractivity contribution in [2.24, 2.45) is 5.92 Å². The highest BCUT2D eigenvalue weighted by molar-refractivity contribution is 9.10. The van der Waals surface area contributed by atoms with Crippen LogP contribution in [0.3, 0.4) is 0 Å². The first-order valence-electron chi connectivity index (χ1n) is 5.62. The number of hydrogen-bond acceptors (Lipinski definition) is 1. The summed E-state index contributed by atoms with van der Waals surface area (Å²) in [6, 6.07) is 1.34. The molecule has 0 aliphatic carbocycles. The van der Waals surface area contributed by atoms with E-state index < -0.39 is 17.5 Å². The van der Waals surface area contributed by atoms with Crippen LogP contribution in [-0.4, -0.2) is 13.1 Å². The van der Waals surface area contributed by atoms with E-state index in [9.17, 15) is 13.2 Å². The van der Waals surface area contributed by atoms with E-state index >= 15 is 0 Å². The molecule has 1 heterocycles. The van der Waals surface area contributed by atoms with Gasteiger partial charge in [0.25, 0.3) is 0 Å². The van der Waals surface area contributed by atoms with Gasteiger partial charge >= 0.3 is 0 Å². The minimum absolute atomic E-state index is 0.0136. The van der Waals surface area contributed by atoms with Crippen molar-refractivity contribution >= 4 is 15.9 Å². The predicted octanol–water partition coefficient (Wildman–Crippen LogP) is 3.41. The largest absolute Gasteiger partial charge is 0.317 e. The van der Waals surface area contributed by atoms with Crippen LogP contribution in [0.15, 0.2) is 10.5 Å². The van der Waals surface area contributed by atoms with E-state index in [0.717, 1.165) is 25.9 Å². The Labute approximate surface area is 107 Å². The lowest BCUT2D eigenvalue weighted by atomic mass is 9.91. The van der Waals surface area contributed by atoms with Crippen LogP contribution in [-0.2, 0) is 6.42 Å². The highest BCUT2D eigenvalue weighted by Crippen LogP contribution is 2.27. The Balaban J connectivity index is 2.20. The molecule has 1 aromatic carbocycles. The molecule has 0 amide bonds. The van der Waals surface area contributed by atoms with Gasteiger partial charge in [0.05, 0.1) is 4.47 Å². The molecule has 0 radical (unpaired) electrons. The molecule has 94 valence electrons. The van der Waals surface area contributed by atoms with Gasteiger partial charge in [-0.3, -0.25) is 0 Å². The molecule has 1 fully saturated rings. The highest BCUT2D eigenvalue weighted by atomic mass is 79.9. The lowest BCUT2D eigenvalue weighted by Gasteiger charge is -2.22. The average Bonchev–Trinajstić information content (AvgIpc) is 2.35. The Hall–Kier alpha value is -0.550. The molecule has 5 heteroatoms. The van der Waals surface area contributed by atoms with Crippen LogP contribution in [0, 0.1) is 23.4 Å². The van der Waals surface area contributed by atoms with Gasteiger partial charge < -0.3 is 5.32 Å². The molecule has 1 aromatic rings. The van der Waals surface area contributed by atoms with E-state index in [4.69, 9.17) is 0 Å². The van der Waals surface area contributed by atoms with E-state index in [1.54, 1.807) is 0 Å². The van der Waals surface area contributed by atoms with Gasteiger partial charge in [0.15, 0.2) is 17.5 Å². The fraction of sp³-hybridized carbons (Fsp3) is 0.500. The summed E-state index contributed by atoms with van der Waals surface area (Å²) >= 11 is 2.90. The van der Waals surface area contributed by atoms with E-state index in [2.05, 4.69) is 21.2 Å². The first kappa shape index (κ1) is 12.9. The van der Waals surface area contributed by atoms with E-state index in [0.29, 0.717) is 12.3 Å². The van der Waals surface area contributed by atoms with Crippen molar-refractivity contribution in [3.63, 3.8) is 0 Å². The Bertz CT molecular complexity index is 417. The summed E-state index contributed by atoms with van der Waals surface area (Å²) in [5.41, 5.74) is 0.252. The molecule has 0 aromatic heterocycles. The van der Waals surface area contributed by atoms with E-state index in [1.165, 1.54) is 6.07 Å². The summed E-state index contributed by atoms with van der Waals surface area (Å²) in [4.78, 5) is 0. The van der Waals surface area contributed by atoms with Crippen LogP contribution in [0.25, 0.3) is 0 Å². The summed E-state index contributed by atoms with van der Waals surface area (Å²) in [6.45, 7) is 1.80. The van der Waals surface area contributed by atoms with Crippen molar-refractivity contribution in [3.05, 3.63) is 33.6 Å². The number of piperidine rings is 1. The standard InChI is InChI=1S/C12H13BrF3N/c13-9-6-8(10(14)12(16)11(9)15)5-7-1-3-17-4-2-7/h6-7,17H,1-5H2. The zero-order valence-electron chi connectivity index (χ0n) is 9.20. The van der Waals surface area contributed by atoms with Gasteiger partial charge in [-0.25, -0.2) is 13.2 Å². The van der Waals surface area contributed by atoms with Gasteiger partial charge in [0.2, 0.25) is 0 Å². The minimum Gasteiger partial charge on any atom is -0.317 e. The lowest BCUT2D eigenvalue weighted by molar-refractivity contribution is 0.363. The molecule has 0 spiro atoms. The molecular formula is C12H13BrF3N. The van der Waals surface area contributed by atoms with Crippen molar-refractivity contribution in [2.75, 3.05) is 13.1 Å². The van der Waals surface area contributed by atoms with Crippen molar-refractivity contribution in [2.45, 2.75) is 19.3 Å². The molecule has 1 aliphatic heterocycles. The fourth-order valence-electron chi connectivity index (χ4n) is 2.17. The number of hydrogen-bond donors (Lipinski definition) is 1. The number of benzene rings is 1. The zero-order chi connectivity index (χ0) is 12.4. The third-order valence-electron chi connectivity index (χ3n) is 3.15. The molecule has 1 aliphatic rings. The van der Waals surface area contributed by atoms with Crippen molar-refractivity contribution < 1.29 is 13.2 Å². The molecule has 0 bridgehead atoms. The summed E-state index contributed by atoms with van der Waals surface area (Å²) in [5, 5.41) is 3.21. The van der Waals surface area contributed by atoms with Gasteiger partial charge in [-0.1, -0.05) is 0 Å². The maximum Gasteiger partial charge on any atom is 0.195 e. The van der Waals surface area contributed by atoms with E-state index in [-0.39, 0.29) is 10.0 Å². The molecule has 0 saturated carbocycles. The van der Waals surface area contributed by atoms with Crippen molar-refractivity contribution in [3.8, 4) is 0 Å². The number of rotatable bonds is 2. The molecular weight excluding hydrogens is 295 g/mol. The molecule has 0 unspecified atom stereocenters. The van der Waals surface area contributed by atoms with Crippen LogP contribution in [0.5, 0.6) is 0 Å². The average molecular weight is 308 g/mol. The second kappa shape index (κ2) is 5.40. The van der Waals surface area contributed by atoms with Gasteiger partial charge in [-0.2, -0.15) is 0 Å². The predicted molar refractivity (Wildman–Crippen MR) is 63.3 cm³/mol. The summed E-state index contributed by atoms with van der Waals surface area (Å²) in [7, 11) is 0. The lowest BCUT2D eigenvalue weighted by Crippen LogP contribution is -2.28. The SMILES string of the molecule is Fc1c(Br)cc(CC2CCNCC2)c(F)c1F. The fourth-order valence-corrected chi connectivity index (χ4v) is 2.62. The zero-order valence-corrected chi connectivity index (χ0v) is 10.8. The van der Waals surface area contributed by atoms with Gasteiger partial charge in [0, 0.05) is 0 Å². The molecule has 1 saturated heterocycles. The van der Waals surface area contributed by atoms with Gasteiger partial charge in [-0.05, 0) is 65.8 Å². The Kier molecular flexibility index (Phi) is 4.09. The molecule has 1 N–H and O–H groups in total. The first-order valence-corrected chi connectivity index (χ1v) is 6.41. The smallest absolute Gasteiger partial charge is 0.195 e. The molecule has 2 rings (SSSR count). The maximum absolute atomic E-state index is 13.5. The monoisotopic (exact) mass is 307 g/mol.